The topological polar surface area (TPSA) is 117 Å². The van der Waals surface area contributed by atoms with E-state index in [1.54, 1.807) is 13.1 Å². The fourth-order valence-electron chi connectivity index (χ4n) is 2.57. The highest BCUT2D eigenvalue weighted by molar-refractivity contribution is 5.80. The molecule has 2 heterocycles. The van der Waals surface area contributed by atoms with Crippen molar-refractivity contribution in [3.63, 3.8) is 0 Å². The summed E-state index contributed by atoms with van der Waals surface area (Å²) in [5, 5.41) is 22.1. The summed E-state index contributed by atoms with van der Waals surface area (Å²) in [6.45, 7) is 8.16. The van der Waals surface area contributed by atoms with E-state index in [2.05, 4.69) is 15.5 Å². The van der Waals surface area contributed by atoms with E-state index in [-0.39, 0.29) is 23.5 Å². The van der Waals surface area contributed by atoms with E-state index >= 15 is 0 Å². The van der Waals surface area contributed by atoms with Gasteiger partial charge in [-0.25, -0.2) is 4.68 Å². The average Bonchev–Trinajstić information content (AvgIpc) is 3.17. The molecule has 2 aromatic heterocycles. The van der Waals surface area contributed by atoms with Crippen LogP contribution in [0.15, 0.2) is 12.4 Å². The molecule has 0 fully saturated rings. The van der Waals surface area contributed by atoms with Gasteiger partial charge in [0.2, 0.25) is 5.91 Å². The minimum atomic E-state index is -0.730. The number of hydrogen-bond donors (Lipinski definition) is 1. The second-order valence-corrected chi connectivity index (χ2v) is 5.67. The van der Waals surface area contributed by atoms with Gasteiger partial charge in [0.25, 0.3) is 0 Å². The molecule has 10 heteroatoms. The quantitative estimate of drug-likeness (QED) is 0.600. The van der Waals surface area contributed by atoms with E-state index in [1.807, 2.05) is 25.5 Å². The lowest BCUT2D eigenvalue weighted by molar-refractivity contribution is -0.385. The van der Waals surface area contributed by atoms with Crippen molar-refractivity contribution < 1.29 is 14.5 Å². The van der Waals surface area contributed by atoms with Gasteiger partial charge in [-0.3, -0.25) is 19.6 Å². The Morgan fingerprint density at radius 3 is 2.64 bits per heavy atom. The lowest BCUT2D eigenvalue weighted by atomic mass is 10.1. The number of hydrogen-bond acceptors (Lipinski definition) is 6. The van der Waals surface area contributed by atoms with Crippen molar-refractivity contribution in [2.75, 3.05) is 7.11 Å². The molecule has 2 atom stereocenters. The number of nitrogens with one attached hydrogen (secondary N) is 1. The summed E-state index contributed by atoms with van der Waals surface area (Å²) in [7, 11) is 1.29. The summed E-state index contributed by atoms with van der Waals surface area (Å²) in [6, 6.07) is -0.978. The third-order valence-corrected chi connectivity index (χ3v) is 4.11. The van der Waals surface area contributed by atoms with Gasteiger partial charge in [0.15, 0.2) is 0 Å². The third kappa shape index (κ3) is 3.62. The van der Waals surface area contributed by atoms with Crippen LogP contribution >= 0.6 is 0 Å². The Balaban J connectivity index is 2.14. The van der Waals surface area contributed by atoms with Crippen LogP contribution in [0.2, 0.25) is 0 Å². The molecular weight excluding hydrogens is 328 g/mol. The van der Waals surface area contributed by atoms with Crippen molar-refractivity contribution in [2.24, 2.45) is 0 Å². The summed E-state index contributed by atoms with van der Waals surface area (Å²) in [5.74, 6) is -0.436. The van der Waals surface area contributed by atoms with E-state index in [0.29, 0.717) is 0 Å². The van der Waals surface area contributed by atoms with Crippen molar-refractivity contribution in [3.05, 3.63) is 33.8 Å². The van der Waals surface area contributed by atoms with Crippen molar-refractivity contribution in [2.45, 2.75) is 46.3 Å². The van der Waals surface area contributed by atoms with Crippen molar-refractivity contribution in [3.8, 4) is 5.88 Å². The number of amides is 1. The number of aryl methyl sites for hydroxylation is 1. The van der Waals surface area contributed by atoms with Crippen LogP contribution in [0.5, 0.6) is 5.88 Å². The van der Waals surface area contributed by atoms with E-state index < -0.39 is 11.0 Å². The van der Waals surface area contributed by atoms with Crippen LogP contribution in [0, 0.1) is 17.0 Å². The highest BCUT2D eigenvalue weighted by Crippen LogP contribution is 2.26. The third-order valence-electron chi connectivity index (χ3n) is 4.11. The minimum absolute atomic E-state index is 0.127. The molecular formula is C15H22N6O4. The molecule has 2 rings (SSSR count). The molecule has 0 aromatic carbocycles. The molecule has 0 saturated carbocycles. The zero-order valence-corrected chi connectivity index (χ0v) is 14.9. The van der Waals surface area contributed by atoms with E-state index in [9.17, 15) is 14.9 Å². The molecule has 25 heavy (non-hydrogen) atoms. The van der Waals surface area contributed by atoms with E-state index in [0.717, 1.165) is 17.8 Å². The average molecular weight is 350 g/mol. The summed E-state index contributed by atoms with van der Waals surface area (Å²) in [6.07, 6.45) is 2.92. The molecule has 0 aliphatic carbocycles. The molecule has 0 radical (unpaired) electrons. The number of nitro groups is 1. The lowest BCUT2D eigenvalue weighted by Gasteiger charge is -2.17. The lowest BCUT2D eigenvalue weighted by Crippen LogP contribution is -2.33. The van der Waals surface area contributed by atoms with Crippen LogP contribution in [0.1, 0.15) is 44.1 Å². The molecule has 136 valence electrons. The Labute approximate surface area is 144 Å². The molecule has 0 saturated heterocycles. The number of carbonyl (C=O) groups excluding carboxylic acids is 1. The first-order valence-electron chi connectivity index (χ1n) is 7.90. The largest absolute Gasteiger partial charge is 0.475 e. The predicted octanol–water partition coefficient (Wildman–Crippen LogP) is 1.76. The molecule has 0 aliphatic heterocycles. The number of methoxy groups -OCH3 is 1. The maximum Gasteiger partial charge on any atom is 0.350 e. The van der Waals surface area contributed by atoms with Gasteiger partial charge in [0, 0.05) is 17.8 Å². The first-order chi connectivity index (χ1) is 11.8. The van der Waals surface area contributed by atoms with Gasteiger partial charge in [0.1, 0.15) is 12.2 Å². The first kappa shape index (κ1) is 18.4. The highest BCUT2D eigenvalue weighted by Gasteiger charge is 2.26. The Bertz CT molecular complexity index is 781. The fourth-order valence-corrected chi connectivity index (χ4v) is 2.57. The first-order valence-corrected chi connectivity index (χ1v) is 7.90. The molecule has 1 N–H and O–H groups in total. The minimum Gasteiger partial charge on any atom is -0.475 e. The van der Waals surface area contributed by atoms with Crippen molar-refractivity contribution in [1.29, 1.82) is 0 Å². The zero-order valence-electron chi connectivity index (χ0n) is 14.9. The van der Waals surface area contributed by atoms with Crippen LogP contribution in [0.3, 0.4) is 0 Å². The number of carbonyl (C=O) groups is 1. The maximum atomic E-state index is 12.5. The zero-order chi connectivity index (χ0) is 18.7. The van der Waals surface area contributed by atoms with Crippen LogP contribution in [0.25, 0.3) is 0 Å². The normalized spacial score (nSPS) is 13.3. The molecule has 0 aliphatic rings. The smallest absolute Gasteiger partial charge is 0.350 e. The number of nitrogens with zero attached hydrogens (tertiary/aromatic N) is 5. The molecule has 0 bridgehead atoms. The van der Waals surface area contributed by atoms with Crippen LogP contribution in [-0.2, 0) is 11.3 Å². The Morgan fingerprint density at radius 1 is 1.48 bits per heavy atom. The van der Waals surface area contributed by atoms with Gasteiger partial charge >= 0.3 is 11.6 Å². The Hall–Kier alpha value is -2.91. The standard InChI is InChI=1S/C15H22N6O4/c1-6-19-10(3)12(7-16-19)9(2)17-14(22)11(4)20-8-13(21(23)24)15(18-20)25-5/h7-9,11H,6H2,1-5H3,(H,17,22). The van der Waals surface area contributed by atoms with Crippen LogP contribution in [0.4, 0.5) is 5.69 Å². The van der Waals surface area contributed by atoms with Gasteiger partial charge < -0.3 is 10.1 Å². The summed E-state index contributed by atoms with van der Waals surface area (Å²) in [4.78, 5) is 22.9. The number of aromatic nitrogens is 4. The second-order valence-electron chi connectivity index (χ2n) is 5.67. The van der Waals surface area contributed by atoms with Crippen LogP contribution < -0.4 is 10.1 Å². The van der Waals surface area contributed by atoms with Gasteiger partial charge in [0.05, 0.1) is 24.3 Å². The van der Waals surface area contributed by atoms with Crippen molar-refractivity contribution in [1.82, 2.24) is 24.9 Å². The van der Waals surface area contributed by atoms with Gasteiger partial charge in [-0.1, -0.05) is 0 Å². The summed E-state index contributed by atoms with van der Waals surface area (Å²) >= 11 is 0. The fraction of sp³-hybridized carbons (Fsp3) is 0.533. The molecule has 2 aromatic rings. The van der Waals surface area contributed by atoms with Crippen molar-refractivity contribution >= 4 is 11.6 Å². The van der Waals surface area contributed by atoms with Crippen LogP contribution in [-0.4, -0.2) is 37.5 Å². The maximum absolute atomic E-state index is 12.5. The molecule has 0 spiro atoms. The summed E-state index contributed by atoms with van der Waals surface area (Å²) < 4.78 is 7.96. The highest BCUT2D eigenvalue weighted by atomic mass is 16.6. The second kappa shape index (κ2) is 7.32. The monoisotopic (exact) mass is 350 g/mol. The van der Waals surface area contributed by atoms with Gasteiger partial charge in [-0.05, 0) is 27.7 Å². The Kier molecular flexibility index (Phi) is 5.40. The molecule has 2 unspecified atom stereocenters. The SMILES string of the molecule is CCn1ncc(C(C)NC(=O)C(C)n2cc([N+](=O)[O-])c(OC)n2)c1C. The van der Waals surface area contributed by atoms with Gasteiger partial charge in [-0.15, -0.1) is 5.10 Å². The summed E-state index contributed by atoms with van der Waals surface area (Å²) in [5.41, 5.74) is 1.63. The van der Waals surface area contributed by atoms with Gasteiger partial charge in [-0.2, -0.15) is 5.10 Å². The molecule has 10 nitrogen and oxygen atoms in total. The molecule has 1 amide bonds. The Morgan fingerprint density at radius 2 is 2.16 bits per heavy atom. The van der Waals surface area contributed by atoms with E-state index in [4.69, 9.17) is 4.74 Å². The number of rotatable bonds is 7. The van der Waals surface area contributed by atoms with E-state index in [1.165, 1.54) is 18.0 Å². The number of ether oxygens (including phenoxy) is 1. The predicted molar refractivity (Wildman–Crippen MR) is 89.3 cm³/mol.